The summed E-state index contributed by atoms with van der Waals surface area (Å²) in [7, 11) is 4.09. The van der Waals surface area contributed by atoms with Crippen LogP contribution < -0.4 is 10.6 Å². The average Bonchev–Trinajstić information content (AvgIpc) is 2.43. The zero-order valence-corrected chi connectivity index (χ0v) is 14.5. The number of ether oxygens (including phenoxy) is 1. The summed E-state index contributed by atoms with van der Waals surface area (Å²) in [6.45, 7) is 5.49. The lowest BCUT2D eigenvalue weighted by atomic mass is 10.2. The topological polar surface area (TPSA) is 53.6 Å². The van der Waals surface area contributed by atoms with E-state index in [4.69, 9.17) is 17.0 Å². The molecular weight excluding hydrogens is 298 g/mol. The highest BCUT2D eigenvalue weighted by Crippen LogP contribution is 2.11. The molecule has 0 aliphatic rings. The molecule has 0 aromatic heterocycles. The van der Waals surface area contributed by atoms with Crippen molar-refractivity contribution in [2.45, 2.75) is 26.4 Å². The number of thiocarbonyl (C=S) groups is 1. The van der Waals surface area contributed by atoms with E-state index in [1.807, 2.05) is 40.1 Å². The fourth-order valence-corrected chi connectivity index (χ4v) is 1.96. The Morgan fingerprint density at radius 1 is 1.27 bits per heavy atom. The third-order valence-electron chi connectivity index (χ3n) is 2.79. The maximum absolute atomic E-state index is 11.7. The minimum atomic E-state index is -0.314. The van der Waals surface area contributed by atoms with Gasteiger partial charge in [0.1, 0.15) is 0 Å². The van der Waals surface area contributed by atoms with E-state index in [9.17, 15) is 4.79 Å². The second kappa shape index (κ2) is 9.38. The molecule has 0 saturated carbocycles. The van der Waals surface area contributed by atoms with Gasteiger partial charge in [-0.25, -0.2) is 4.79 Å². The Balaban J connectivity index is 2.40. The number of esters is 1. The number of nitrogens with one attached hydrogen (secondary N) is 2. The fourth-order valence-electron chi connectivity index (χ4n) is 1.74. The number of hydrogen-bond donors (Lipinski definition) is 2. The van der Waals surface area contributed by atoms with Crippen LogP contribution in [0.25, 0.3) is 0 Å². The molecule has 0 radical (unpaired) electrons. The van der Waals surface area contributed by atoms with Crippen molar-refractivity contribution < 1.29 is 9.53 Å². The molecule has 1 rings (SSSR count). The Kier molecular flexibility index (Phi) is 7.84. The molecular formula is C16H25N3O2S. The van der Waals surface area contributed by atoms with Crippen LogP contribution in [0.1, 0.15) is 30.6 Å². The number of benzene rings is 1. The molecule has 122 valence electrons. The van der Waals surface area contributed by atoms with Gasteiger partial charge in [-0.1, -0.05) is 0 Å². The Morgan fingerprint density at radius 2 is 1.91 bits per heavy atom. The number of anilines is 1. The predicted molar refractivity (Wildman–Crippen MR) is 94.4 cm³/mol. The van der Waals surface area contributed by atoms with E-state index in [0.29, 0.717) is 10.7 Å². The first-order valence-electron chi connectivity index (χ1n) is 7.39. The minimum absolute atomic E-state index is 0.121. The number of nitrogens with zero attached hydrogens (tertiary/aromatic N) is 1. The van der Waals surface area contributed by atoms with E-state index in [-0.39, 0.29) is 12.1 Å². The Morgan fingerprint density at radius 3 is 2.45 bits per heavy atom. The first kappa shape index (κ1) is 18.4. The summed E-state index contributed by atoms with van der Waals surface area (Å²) in [5.74, 6) is -0.314. The van der Waals surface area contributed by atoms with E-state index >= 15 is 0 Å². The molecule has 0 amide bonds. The van der Waals surface area contributed by atoms with Crippen LogP contribution in [0, 0.1) is 0 Å². The van der Waals surface area contributed by atoms with E-state index in [2.05, 4.69) is 15.5 Å². The molecule has 0 heterocycles. The quantitative estimate of drug-likeness (QED) is 0.457. The second-order valence-corrected chi connectivity index (χ2v) is 5.98. The van der Waals surface area contributed by atoms with E-state index < -0.39 is 0 Å². The first-order chi connectivity index (χ1) is 10.4. The van der Waals surface area contributed by atoms with Gasteiger partial charge in [-0.3, -0.25) is 0 Å². The summed E-state index contributed by atoms with van der Waals surface area (Å²) in [5.41, 5.74) is 1.37. The molecule has 0 spiro atoms. The molecule has 1 aromatic carbocycles. The van der Waals surface area contributed by atoms with Gasteiger partial charge in [0.2, 0.25) is 0 Å². The number of hydrogen-bond acceptors (Lipinski definition) is 4. The highest BCUT2D eigenvalue weighted by atomic mass is 32.1. The van der Waals surface area contributed by atoms with Crippen molar-refractivity contribution in [1.82, 2.24) is 10.2 Å². The Labute approximate surface area is 138 Å². The van der Waals surface area contributed by atoms with Crippen molar-refractivity contribution >= 4 is 29.0 Å². The summed E-state index contributed by atoms with van der Waals surface area (Å²) in [6, 6.07) is 7.07. The first-order valence-corrected chi connectivity index (χ1v) is 7.80. The van der Waals surface area contributed by atoms with Gasteiger partial charge in [0.05, 0.1) is 11.7 Å². The maximum atomic E-state index is 11.7. The Hall–Kier alpha value is -1.66. The van der Waals surface area contributed by atoms with Crippen LogP contribution in [0.15, 0.2) is 24.3 Å². The molecule has 0 aliphatic carbocycles. The molecule has 1 aromatic rings. The summed E-state index contributed by atoms with van der Waals surface area (Å²) >= 11 is 5.23. The summed E-state index contributed by atoms with van der Waals surface area (Å²) in [5, 5.41) is 6.82. The van der Waals surface area contributed by atoms with Gasteiger partial charge in [0.25, 0.3) is 0 Å². The van der Waals surface area contributed by atoms with Gasteiger partial charge < -0.3 is 20.3 Å². The van der Waals surface area contributed by atoms with Crippen LogP contribution in [0.4, 0.5) is 5.69 Å². The van der Waals surface area contributed by atoms with Crippen LogP contribution in [-0.4, -0.2) is 49.3 Å². The minimum Gasteiger partial charge on any atom is -0.459 e. The van der Waals surface area contributed by atoms with Crippen LogP contribution in [0.3, 0.4) is 0 Å². The zero-order valence-electron chi connectivity index (χ0n) is 13.7. The highest BCUT2D eigenvalue weighted by molar-refractivity contribution is 7.80. The Bertz CT molecular complexity index is 487. The van der Waals surface area contributed by atoms with E-state index in [1.165, 1.54) is 0 Å². The largest absolute Gasteiger partial charge is 0.459 e. The SMILES string of the molecule is CC(C)OC(=O)c1ccc(NC(=S)NCCCN(C)C)cc1. The number of rotatable bonds is 7. The monoisotopic (exact) mass is 323 g/mol. The molecule has 0 atom stereocenters. The molecule has 0 saturated heterocycles. The summed E-state index contributed by atoms with van der Waals surface area (Å²) in [4.78, 5) is 13.9. The van der Waals surface area contributed by atoms with Crippen LogP contribution in [0.2, 0.25) is 0 Å². The molecule has 0 fully saturated rings. The van der Waals surface area contributed by atoms with Crippen LogP contribution in [-0.2, 0) is 4.74 Å². The van der Waals surface area contributed by atoms with Gasteiger partial charge >= 0.3 is 5.97 Å². The van der Waals surface area contributed by atoms with Crippen molar-refractivity contribution in [2.24, 2.45) is 0 Å². The van der Waals surface area contributed by atoms with Gasteiger partial charge in [-0.2, -0.15) is 0 Å². The van der Waals surface area contributed by atoms with Crippen molar-refractivity contribution in [3.05, 3.63) is 29.8 Å². The maximum Gasteiger partial charge on any atom is 0.338 e. The summed E-state index contributed by atoms with van der Waals surface area (Å²) < 4.78 is 5.14. The summed E-state index contributed by atoms with van der Waals surface area (Å²) in [6.07, 6.45) is 0.902. The predicted octanol–water partition coefficient (Wildman–Crippen LogP) is 2.49. The molecule has 0 unspecified atom stereocenters. The van der Waals surface area contributed by atoms with E-state index in [0.717, 1.165) is 25.2 Å². The molecule has 6 heteroatoms. The van der Waals surface area contributed by atoms with Crippen LogP contribution >= 0.6 is 12.2 Å². The standard InChI is InChI=1S/C16H25N3O2S/c1-12(2)21-15(20)13-6-8-14(9-7-13)18-16(22)17-10-5-11-19(3)4/h6-9,12H,5,10-11H2,1-4H3,(H2,17,18,22). The smallest absolute Gasteiger partial charge is 0.338 e. The molecule has 0 aliphatic heterocycles. The molecule has 0 bridgehead atoms. The number of carbonyl (C=O) groups excluding carboxylic acids is 1. The third-order valence-corrected chi connectivity index (χ3v) is 3.04. The van der Waals surface area contributed by atoms with Crippen LogP contribution in [0.5, 0.6) is 0 Å². The molecule has 22 heavy (non-hydrogen) atoms. The average molecular weight is 323 g/mol. The lowest BCUT2D eigenvalue weighted by molar-refractivity contribution is 0.0378. The zero-order chi connectivity index (χ0) is 16.5. The van der Waals surface area contributed by atoms with Gasteiger partial charge in [-0.15, -0.1) is 0 Å². The van der Waals surface area contributed by atoms with Crippen molar-refractivity contribution in [3.63, 3.8) is 0 Å². The van der Waals surface area contributed by atoms with Crippen molar-refractivity contribution in [3.8, 4) is 0 Å². The molecule has 5 nitrogen and oxygen atoms in total. The second-order valence-electron chi connectivity index (χ2n) is 5.57. The lowest BCUT2D eigenvalue weighted by Crippen LogP contribution is -2.30. The van der Waals surface area contributed by atoms with Gasteiger partial charge in [0.15, 0.2) is 5.11 Å². The highest BCUT2D eigenvalue weighted by Gasteiger charge is 2.08. The normalized spacial score (nSPS) is 10.6. The lowest BCUT2D eigenvalue weighted by Gasteiger charge is -2.13. The van der Waals surface area contributed by atoms with Crippen molar-refractivity contribution in [2.75, 3.05) is 32.5 Å². The van der Waals surface area contributed by atoms with Gasteiger partial charge in [-0.05, 0) is 77.4 Å². The van der Waals surface area contributed by atoms with Crippen molar-refractivity contribution in [1.29, 1.82) is 0 Å². The number of carbonyl (C=O) groups is 1. The fraction of sp³-hybridized carbons (Fsp3) is 0.500. The third kappa shape index (κ3) is 7.38. The van der Waals surface area contributed by atoms with Gasteiger partial charge in [0, 0.05) is 12.2 Å². The van der Waals surface area contributed by atoms with E-state index in [1.54, 1.807) is 12.1 Å². The molecule has 2 N–H and O–H groups in total.